The second-order valence-corrected chi connectivity index (χ2v) is 6.29. The summed E-state index contributed by atoms with van der Waals surface area (Å²) in [4.78, 5) is 12.9. The first-order valence-electron chi connectivity index (χ1n) is 6.47. The summed E-state index contributed by atoms with van der Waals surface area (Å²) in [6.07, 6.45) is 0.551. The molecule has 0 saturated heterocycles. The molecular weight excluding hydrogens is 260 g/mol. The van der Waals surface area contributed by atoms with Gasteiger partial charge in [0.15, 0.2) is 0 Å². The average Bonchev–Trinajstić information content (AvgIpc) is 2.31. The SMILES string of the molecule is CC(C)Sc1ccccc1NC(=O)N[C@H](C)CCO. The number of aliphatic hydroxyl groups excluding tert-OH is 1. The predicted molar refractivity (Wildman–Crippen MR) is 80.8 cm³/mol. The zero-order valence-corrected chi connectivity index (χ0v) is 12.5. The number of hydrogen-bond acceptors (Lipinski definition) is 3. The predicted octanol–water partition coefficient (Wildman–Crippen LogP) is 3.08. The van der Waals surface area contributed by atoms with Gasteiger partial charge in [-0.05, 0) is 25.5 Å². The minimum Gasteiger partial charge on any atom is -0.396 e. The lowest BCUT2D eigenvalue weighted by molar-refractivity contribution is 0.241. The number of hydrogen-bond donors (Lipinski definition) is 3. The zero-order valence-electron chi connectivity index (χ0n) is 11.6. The molecule has 0 radical (unpaired) electrons. The van der Waals surface area contributed by atoms with Crippen LogP contribution in [-0.4, -0.2) is 29.0 Å². The molecule has 0 spiro atoms. The number of benzene rings is 1. The van der Waals surface area contributed by atoms with Crippen molar-refractivity contribution in [2.75, 3.05) is 11.9 Å². The van der Waals surface area contributed by atoms with E-state index in [2.05, 4.69) is 24.5 Å². The fourth-order valence-electron chi connectivity index (χ4n) is 1.57. The van der Waals surface area contributed by atoms with Gasteiger partial charge in [0, 0.05) is 22.8 Å². The first-order valence-corrected chi connectivity index (χ1v) is 7.35. The number of nitrogens with one attached hydrogen (secondary N) is 2. The number of rotatable bonds is 6. The second kappa shape index (κ2) is 8.07. The summed E-state index contributed by atoms with van der Waals surface area (Å²) >= 11 is 1.71. The number of carbonyl (C=O) groups is 1. The fourth-order valence-corrected chi connectivity index (χ4v) is 2.49. The molecule has 19 heavy (non-hydrogen) atoms. The maximum atomic E-state index is 11.8. The lowest BCUT2D eigenvalue weighted by atomic mass is 10.2. The van der Waals surface area contributed by atoms with Crippen molar-refractivity contribution in [2.24, 2.45) is 0 Å². The molecule has 0 fully saturated rings. The standard InChI is InChI=1S/C14H22N2O2S/c1-10(2)19-13-7-5-4-6-12(13)16-14(18)15-11(3)8-9-17/h4-7,10-11,17H,8-9H2,1-3H3,(H2,15,16,18)/t11-/m1/s1. The van der Waals surface area contributed by atoms with E-state index >= 15 is 0 Å². The summed E-state index contributed by atoms with van der Waals surface area (Å²) in [6, 6.07) is 7.46. The Morgan fingerprint density at radius 2 is 2.00 bits per heavy atom. The van der Waals surface area contributed by atoms with Gasteiger partial charge in [0.25, 0.3) is 0 Å². The molecule has 0 bridgehead atoms. The van der Waals surface area contributed by atoms with Crippen molar-refractivity contribution in [3.63, 3.8) is 0 Å². The van der Waals surface area contributed by atoms with E-state index in [0.29, 0.717) is 11.7 Å². The molecule has 1 aromatic rings. The highest BCUT2D eigenvalue weighted by Crippen LogP contribution is 2.29. The van der Waals surface area contributed by atoms with Crippen LogP contribution in [0.5, 0.6) is 0 Å². The quantitative estimate of drug-likeness (QED) is 0.703. The van der Waals surface area contributed by atoms with Crippen molar-refractivity contribution < 1.29 is 9.90 Å². The van der Waals surface area contributed by atoms with Crippen LogP contribution in [0.2, 0.25) is 0 Å². The topological polar surface area (TPSA) is 61.4 Å². The van der Waals surface area contributed by atoms with Crippen molar-refractivity contribution in [1.82, 2.24) is 5.32 Å². The molecule has 0 aliphatic carbocycles. The Morgan fingerprint density at radius 3 is 2.63 bits per heavy atom. The van der Waals surface area contributed by atoms with E-state index in [-0.39, 0.29) is 18.7 Å². The summed E-state index contributed by atoms with van der Waals surface area (Å²) in [5.41, 5.74) is 0.815. The largest absolute Gasteiger partial charge is 0.396 e. The van der Waals surface area contributed by atoms with Crippen LogP contribution in [0.15, 0.2) is 29.2 Å². The highest BCUT2D eigenvalue weighted by atomic mass is 32.2. The van der Waals surface area contributed by atoms with Gasteiger partial charge in [-0.3, -0.25) is 0 Å². The fraction of sp³-hybridized carbons (Fsp3) is 0.500. The molecule has 0 saturated carbocycles. The zero-order chi connectivity index (χ0) is 14.3. The van der Waals surface area contributed by atoms with Crippen LogP contribution in [0.3, 0.4) is 0 Å². The van der Waals surface area contributed by atoms with Gasteiger partial charge < -0.3 is 15.7 Å². The third-order valence-corrected chi connectivity index (χ3v) is 3.52. The third-order valence-electron chi connectivity index (χ3n) is 2.44. The van der Waals surface area contributed by atoms with Gasteiger partial charge in [0.2, 0.25) is 0 Å². The molecule has 1 rings (SSSR count). The Kier molecular flexibility index (Phi) is 6.73. The Hall–Kier alpha value is -1.20. The minimum atomic E-state index is -0.238. The van der Waals surface area contributed by atoms with Crippen molar-refractivity contribution in [3.05, 3.63) is 24.3 Å². The van der Waals surface area contributed by atoms with Gasteiger partial charge in [0.1, 0.15) is 0 Å². The number of aliphatic hydroxyl groups is 1. The first kappa shape index (κ1) is 15.9. The molecule has 0 unspecified atom stereocenters. The van der Waals surface area contributed by atoms with Crippen LogP contribution >= 0.6 is 11.8 Å². The van der Waals surface area contributed by atoms with Crippen LogP contribution in [0, 0.1) is 0 Å². The molecule has 4 nitrogen and oxygen atoms in total. The smallest absolute Gasteiger partial charge is 0.319 e. The molecule has 1 atom stereocenters. The van der Waals surface area contributed by atoms with Gasteiger partial charge in [-0.2, -0.15) is 0 Å². The summed E-state index contributed by atoms with van der Waals surface area (Å²) in [6.45, 7) is 6.17. The summed E-state index contributed by atoms with van der Waals surface area (Å²) in [5.74, 6) is 0. The Labute approximate surface area is 119 Å². The lowest BCUT2D eigenvalue weighted by Crippen LogP contribution is -2.36. The molecule has 1 aromatic carbocycles. The molecule has 0 aliphatic rings. The van der Waals surface area contributed by atoms with Crippen molar-refractivity contribution in [1.29, 1.82) is 0 Å². The molecule has 106 valence electrons. The highest BCUT2D eigenvalue weighted by Gasteiger charge is 2.10. The van der Waals surface area contributed by atoms with E-state index < -0.39 is 0 Å². The maximum absolute atomic E-state index is 11.8. The molecule has 0 heterocycles. The molecule has 3 N–H and O–H groups in total. The molecule has 5 heteroatoms. The molecule has 2 amide bonds. The highest BCUT2D eigenvalue weighted by molar-refractivity contribution is 8.00. The lowest BCUT2D eigenvalue weighted by Gasteiger charge is -2.16. The third kappa shape index (κ3) is 5.98. The van der Waals surface area contributed by atoms with Crippen molar-refractivity contribution in [3.8, 4) is 0 Å². The van der Waals surface area contributed by atoms with Crippen LogP contribution < -0.4 is 10.6 Å². The van der Waals surface area contributed by atoms with Crippen molar-refractivity contribution in [2.45, 2.75) is 43.4 Å². The van der Waals surface area contributed by atoms with Crippen LogP contribution in [0.25, 0.3) is 0 Å². The Bertz CT molecular complexity index is 410. The number of amides is 2. The van der Waals surface area contributed by atoms with Crippen molar-refractivity contribution >= 4 is 23.5 Å². The van der Waals surface area contributed by atoms with Gasteiger partial charge in [-0.15, -0.1) is 11.8 Å². The Morgan fingerprint density at radius 1 is 1.32 bits per heavy atom. The van der Waals surface area contributed by atoms with Gasteiger partial charge in [-0.1, -0.05) is 26.0 Å². The number of thioether (sulfide) groups is 1. The van der Waals surface area contributed by atoms with Gasteiger partial charge in [0.05, 0.1) is 5.69 Å². The summed E-state index contributed by atoms with van der Waals surface area (Å²) in [7, 11) is 0. The van der Waals surface area contributed by atoms with Gasteiger partial charge in [-0.25, -0.2) is 4.79 Å². The van der Waals surface area contributed by atoms with Gasteiger partial charge >= 0.3 is 6.03 Å². The maximum Gasteiger partial charge on any atom is 0.319 e. The summed E-state index contributed by atoms with van der Waals surface area (Å²) < 4.78 is 0. The van der Waals surface area contributed by atoms with E-state index in [1.807, 2.05) is 31.2 Å². The summed E-state index contributed by atoms with van der Waals surface area (Å²) in [5, 5.41) is 14.9. The van der Waals surface area contributed by atoms with E-state index in [0.717, 1.165) is 10.6 Å². The average molecular weight is 282 g/mol. The van der Waals surface area contributed by atoms with Crippen LogP contribution in [0.4, 0.5) is 10.5 Å². The molecular formula is C14H22N2O2S. The minimum absolute atomic E-state index is 0.0464. The molecule has 0 aliphatic heterocycles. The normalized spacial score (nSPS) is 12.3. The first-order chi connectivity index (χ1) is 9.02. The van der Waals surface area contributed by atoms with E-state index in [4.69, 9.17) is 5.11 Å². The number of urea groups is 1. The van der Waals surface area contributed by atoms with E-state index in [9.17, 15) is 4.79 Å². The number of para-hydroxylation sites is 1. The van der Waals surface area contributed by atoms with Crippen LogP contribution in [-0.2, 0) is 0 Å². The van der Waals surface area contributed by atoms with E-state index in [1.165, 1.54) is 0 Å². The van der Waals surface area contributed by atoms with Crippen LogP contribution in [0.1, 0.15) is 27.2 Å². The monoisotopic (exact) mass is 282 g/mol. The number of carbonyl (C=O) groups excluding carboxylic acids is 1. The van der Waals surface area contributed by atoms with E-state index in [1.54, 1.807) is 11.8 Å². The molecule has 0 aromatic heterocycles. The number of anilines is 1. The second-order valence-electron chi connectivity index (χ2n) is 4.67. The Balaban J connectivity index is 2.63.